The molecule has 114 valence electrons. The van der Waals surface area contributed by atoms with Crippen LogP contribution in [-0.2, 0) is 6.42 Å². The molecule has 0 aliphatic carbocycles. The Kier molecular flexibility index (Phi) is 4.37. The minimum Gasteiger partial charge on any atom is -0.398 e. The lowest BCUT2D eigenvalue weighted by molar-refractivity contribution is 0.0691. The van der Waals surface area contributed by atoms with Crippen LogP contribution in [0.2, 0.25) is 0 Å². The number of carbonyl (C=O) groups is 1. The van der Waals surface area contributed by atoms with Crippen molar-refractivity contribution in [2.45, 2.75) is 19.3 Å². The zero-order chi connectivity index (χ0) is 15.4. The van der Waals surface area contributed by atoms with Crippen molar-refractivity contribution in [3.05, 3.63) is 59.9 Å². The third-order valence-corrected chi connectivity index (χ3v) is 4.35. The number of rotatable bonds is 3. The number of nitrogens with two attached hydrogens (primary N) is 1. The Hall–Kier alpha value is -2.36. The molecule has 0 radical (unpaired) electrons. The van der Waals surface area contributed by atoms with Crippen LogP contribution in [0.1, 0.15) is 28.8 Å². The molecule has 1 aliphatic heterocycles. The lowest BCUT2D eigenvalue weighted by atomic mass is 9.90. The summed E-state index contributed by atoms with van der Waals surface area (Å²) in [5.74, 6) is 0.654. The van der Waals surface area contributed by atoms with E-state index in [0.29, 0.717) is 17.2 Å². The van der Waals surface area contributed by atoms with Gasteiger partial charge >= 0.3 is 0 Å². The Morgan fingerprint density at radius 2 is 1.91 bits per heavy atom. The second-order valence-electron chi connectivity index (χ2n) is 5.89. The molecule has 22 heavy (non-hydrogen) atoms. The minimum atomic E-state index is 0.00348. The fraction of sp³-hybridized carbons (Fsp3) is 0.333. The largest absolute Gasteiger partial charge is 0.398 e. The number of anilines is 1. The van der Waals surface area contributed by atoms with Crippen molar-refractivity contribution in [3.63, 3.8) is 0 Å². The molecule has 4 heteroatoms. The molecule has 1 aliphatic rings. The van der Waals surface area contributed by atoms with Crippen LogP contribution in [-0.4, -0.2) is 28.9 Å². The van der Waals surface area contributed by atoms with Crippen LogP contribution in [0, 0.1) is 5.92 Å². The van der Waals surface area contributed by atoms with E-state index >= 15 is 0 Å². The molecule has 1 aromatic carbocycles. The van der Waals surface area contributed by atoms with Gasteiger partial charge in [-0.15, -0.1) is 0 Å². The molecule has 0 unspecified atom stereocenters. The number of nitrogen functional groups attached to an aromatic ring is 1. The quantitative estimate of drug-likeness (QED) is 0.947. The highest BCUT2D eigenvalue weighted by molar-refractivity contribution is 5.98. The number of piperidine rings is 1. The summed E-state index contributed by atoms with van der Waals surface area (Å²) in [5.41, 5.74) is 8.27. The molecule has 3 rings (SSSR count). The maximum absolute atomic E-state index is 12.5. The second-order valence-corrected chi connectivity index (χ2v) is 5.89. The van der Waals surface area contributed by atoms with Crippen molar-refractivity contribution < 1.29 is 4.79 Å². The van der Waals surface area contributed by atoms with Gasteiger partial charge in [0.2, 0.25) is 0 Å². The fourth-order valence-corrected chi connectivity index (χ4v) is 3.04. The zero-order valence-corrected chi connectivity index (χ0v) is 12.6. The molecule has 1 fully saturated rings. The van der Waals surface area contributed by atoms with Crippen LogP contribution in [0.3, 0.4) is 0 Å². The molecule has 0 spiro atoms. The van der Waals surface area contributed by atoms with Crippen molar-refractivity contribution in [1.82, 2.24) is 9.88 Å². The van der Waals surface area contributed by atoms with Crippen LogP contribution >= 0.6 is 0 Å². The zero-order valence-electron chi connectivity index (χ0n) is 12.6. The van der Waals surface area contributed by atoms with Gasteiger partial charge in [-0.05, 0) is 36.8 Å². The van der Waals surface area contributed by atoms with Crippen molar-refractivity contribution in [2.24, 2.45) is 5.92 Å². The molecule has 1 saturated heterocycles. The van der Waals surface area contributed by atoms with E-state index in [-0.39, 0.29) is 5.91 Å². The highest BCUT2D eigenvalue weighted by atomic mass is 16.2. The predicted octanol–water partition coefficient (Wildman–Crippen LogP) is 2.76. The van der Waals surface area contributed by atoms with E-state index < -0.39 is 0 Å². The average molecular weight is 295 g/mol. The standard InChI is InChI=1S/C18H21N3O/c19-17-6-9-20-13-16(17)18(22)21-10-7-15(8-11-21)12-14-4-2-1-3-5-14/h1-6,9,13,15H,7-8,10-12H2,(H2,19,20). The molecule has 1 aromatic heterocycles. The molecule has 0 bridgehead atoms. The van der Waals surface area contributed by atoms with E-state index in [1.54, 1.807) is 18.5 Å². The van der Waals surface area contributed by atoms with Crippen LogP contribution in [0.15, 0.2) is 48.8 Å². The molecular formula is C18H21N3O. The molecule has 0 saturated carbocycles. The van der Waals surface area contributed by atoms with Gasteiger partial charge in [-0.2, -0.15) is 0 Å². The number of hydrogen-bond donors (Lipinski definition) is 1. The summed E-state index contributed by atoms with van der Waals surface area (Å²) in [6, 6.07) is 12.2. The third kappa shape index (κ3) is 3.27. The summed E-state index contributed by atoms with van der Waals surface area (Å²) in [4.78, 5) is 18.4. The highest BCUT2D eigenvalue weighted by Crippen LogP contribution is 2.23. The SMILES string of the molecule is Nc1ccncc1C(=O)N1CCC(Cc2ccccc2)CC1. The molecule has 0 atom stereocenters. The van der Waals surface area contributed by atoms with Gasteiger partial charge in [0.25, 0.3) is 5.91 Å². The molecule has 4 nitrogen and oxygen atoms in total. The smallest absolute Gasteiger partial charge is 0.257 e. The molecule has 2 heterocycles. The number of hydrogen-bond acceptors (Lipinski definition) is 3. The van der Waals surface area contributed by atoms with E-state index in [9.17, 15) is 4.79 Å². The van der Waals surface area contributed by atoms with Gasteiger partial charge in [0, 0.05) is 31.2 Å². The maximum atomic E-state index is 12.5. The lowest BCUT2D eigenvalue weighted by Gasteiger charge is -2.32. The van der Waals surface area contributed by atoms with Crippen molar-refractivity contribution in [3.8, 4) is 0 Å². The topological polar surface area (TPSA) is 59.2 Å². The van der Waals surface area contributed by atoms with Crippen LogP contribution in [0.5, 0.6) is 0 Å². The number of nitrogens with zero attached hydrogens (tertiary/aromatic N) is 2. The fourth-order valence-electron chi connectivity index (χ4n) is 3.04. The van der Waals surface area contributed by atoms with Crippen LogP contribution < -0.4 is 5.73 Å². The van der Waals surface area contributed by atoms with E-state index in [2.05, 4.69) is 29.2 Å². The lowest BCUT2D eigenvalue weighted by Crippen LogP contribution is -2.39. The molecule has 2 aromatic rings. The van der Waals surface area contributed by atoms with E-state index in [0.717, 1.165) is 32.4 Å². The van der Waals surface area contributed by atoms with E-state index in [1.165, 1.54) is 5.56 Å². The normalized spacial score (nSPS) is 15.7. The first kappa shape index (κ1) is 14.6. The summed E-state index contributed by atoms with van der Waals surface area (Å²) in [6.07, 6.45) is 6.35. The number of likely N-dealkylation sites (tertiary alicyclic amines) is 1. The monoisotopic (exact) mass is 295 g/mol. The first-order valence-electron chi connectivity index (χ1n) is 7.76. The number of pyridine rings is 1. The van der Waals surface area contributed by atoms with Gasteiger partial charge in [0.05, 0.1) is 5.56 Å². The summed E-state index contributed by atoms with van der Waals surface area (Å²) >= 11 is 0. The summed E-state index contributed by atoms with van der Waals surface area (Å²) in [6.45, 7) is 1.59. The minimum absolute atomic E-state index is 0.00348. The van der Waals surface area contributed by atoms with Gasteiger partial charge in [-0.25, -0.2) is 0 Å². The predicted molar refractivity (Wildman–Crippen MR) is 87.4 cm³/mol. The molecule has 2 N–H and O–H groups in total. The van der Waals surface area contributed by atoms with Gasteiger partial charge in [-0.1, -0.05) is 30.3 Å². The first-order valence-corrected chi connectivity index (χ1v) is 7.76. The number of aromatic nitrogens is 1. The van der Waals surface area contributed by atoms with Gasteiger partial charge in [0.15, 0.2) is 0 Å². The number of carbonyl (C=O) groups excluding carboxylic acids is 1. The summed E-state index contributed by atoms with van der Waals surface area (Å²) in [5, 5.41) is 0. The average Bonchev–Trinajstić information content (AvgIpc) is 2.56. The molecule has 1 amide bonds. The van der Waals surface area contributed by atoms with E-state index in [4.69, 9.17) is 5.73 Å². The van der Waals surface area contributed by atoms with Gasteiger partial charge < -0.3 is 10.6 Å². The Balaban J connectivity index is 1.58. The van der Waals surface area contributed by atoms with Gasteiger partial charge in [-0.3, -0.25) is 9.78 Å². The van der Waals surface area contributed by atoms with Crippen molar-refractivity contribution >= 4 is 11.6 Å². The summed E-state index contributed by atoms with van der Waals surface area (Å²) in [7, 11) is 0. The molecular weight excluding hydrogens is 274 g/mol. The third-order valence-electron chi connectivity index (χ3n) is 4.35. The number of benzene rings is 1. The first-order chi connectivity index (χ1) is 10.7. The van der Waals surface area contributed by atoms with Crippen molar-refractivity contribution in [2.75, 3.05) is 18.8 Å². The maximum Gasteiger partial charge on any atom is 0.257 e. The van der Waals surface area contributed by atoms with Crippen molar-refractivity contribution in [1.29, 1.82) is 0 Å². The van der Waals surface area contributed by atoms with Crippen LogP contribution in [0.25, 0.3) is 0 Å². The summed E-state index contributed by atoms with van der Waals surface area (Å²) < 4.78 is 0. The second kappa shape index (κ2) is 6.60. The Morgan fingerprint density at radius 1 is 1.18 bits per heavy atom. The Bertz CT molecular complexity index is 634. The Morgan fingerprint density at radius 3 is 2.59 bits per heavy atom. The van der Waals surface area contributed by atoms with Gasteiger partial charge in [0.1, 0.15) is 0 Å². The number of amides is 1. The van der Waals surface area contributed by atoms with Crippen LogP contribution in [0.4, 0.5) is 5.69 Å². The Labute approximate surface area is 131 Å². The van der Waals surface area contributed by atoms with E-state index in [1.807, 2.05) is 11.0 Å². The highest BCUT2D eigenvalue weighted by Gasteiger charge is 2.24.